The van der Waals surface area contributed by atoms with Crippen molar-refractivity contribution < 1.29 is 17.7 Å². The molecule has 0 unspecified atom stereocenters. The van der Waals surface area contributed by atoms with Gasteiger partial charge in [0.2, 0.25) is 0 Å². The highest BCUT2D eigenvalue weighted by molar-refractivity contribution is 6.36. The fourth-order valence-corrected chi connectivity index (χ4v) is 2.22. The fourth-order valence-electron chi connectivity index (χ4n) is 2.22. The zero-order valence-corrected chi connectivity index (χ0v) is 11.9. The van der Waals surface area contributed by atoms with Gasteiger partial charge in [0.1, 0.15) is 11.6 Å². The van der Waals surface area contributed by atoms with Gasteiger partial charge in [0.25, 0.3) is 0 Å². The number of pyridine rings is 1. The van der Waals surface area contributed by atoms with Gasteiger partial charge in [0.05, 0.1) is 11.2 Å². The van der Waals surface area contributed by atoms with Crippen LogP contribution in [-0.2, 0) is 4.65 Å². The number of para-hydroxylation sites is 1. The minimum Gasteiger partial charge on any atom is -0.505 e. The summed E-state index contributed by atoms with van der Waals surface area (Å²) in [6, 6.07) is 16.3. The van der Waals surface area contributed by atoms with E-state index < -0.39 is 13.3 Å². The summed E-state index contributed by atoms with van der Waals surface area (Å²) in [4.78, 5) is 4.38. The third-order valence-electron chi connectivity index (χ3n) is 3.22. The van der Waals surface area contributed by atoms with Crippen LogP contribution in [0.15, 0.2) is 60.7 Å². The van der Waals surface area contributed by atoms with Crippen LogP contribution >= 0.6 is 0 Å². The highest BCUT2D eigenvalue weighted by Gasteiger charge is 2.20. The van der Waals surface area contributed by atoms with Gasteiger partial charge in [-0.25, -0.2) is 18.0 Å². The highest BCUT2D eigenvalue weighted by Crippen LogP contribution is 2.22. The van der Waals surface area contributed by atoms with E-state index >= 15 is 0 Å². The molecule has 0 atom stereocenters. The van der Waals surface area contributed by atoms with Gasteiger partial charge in [-0.15, -0.1) is 0 Å². The van der Waals surface area contributed by atoms with E-state index in [1.807, 2.05) is 30.3 Å². The normalized spacial score (nSPS) is 11.5. The molecule has 1 heterocycles. The Labute approximate surface area is 131 Å². The molecule has 0 radical (unpaired) electrons. The van der Waals surface area contributed by atoms with Crippen LogP contribution in [0.25, 0.3) is 22.7 Å². The first-order valence-electron chi connectivity index (χ1n) is 6.90. The second-order valence-electron chi connectivity index (χ2n) is 4.83. The van der Waals surface area contributed by atoms with E-state index in [2.05, 4.69) is 9.64 Å². The summed E-state index contributed by atoms with van der Waals surface area (Å²) in [5.74, 6) is -0.667. The minimum atomic E-state index is -3.01. The lowest BCUT2D eigenvalue weighted by molar-refractivity contribution is 0.398. The monoisotopic (exact) mass is 313 g/mol. The summed E-state index contributed by atoms with van der Waals surface area (Å²) in [6.07, 6.45) is 1.37. The minimum absolute atomic E-state index is 0.137. The molecule has 0 saturated carbocycles. The molecule has 0 N–H and O–H groups in total. The summed E-state index contributed by atoms with van der Waals surface area (Å²) in [6.45, 7) is 0. The fraction of sp³-hybridized carbons (Fsp3) is 0. The summed E-state index contributed by atoms with van der Waals surface area (Å²) < 4.78 is 43.2. The molecule has 3 rings (SSSR count). The Hall–Kier alpha value is -2.76. The topological polar surface area (TPSA) is 22.1 Å². The number of fused-ring (bicyclic) bond motifs is 1. The van der Waals surface area contributed by atoms with Crippen LogP contribution in [0.2, 0.25) is 0 Å². The van der Waals surface area contributed by atoms with Crippen molar-refractivity contribution in [2.45, 2.75) is 0 Å². The Morgan fingerprint density at radius 3 is 2.61 bits per heavy atom. The molecule has 23 heavy (non-hydrogen) atoms. The van der Waals surface area contributed by atoms with Crippen molar-refractivity contribution in [3.63, 3.8) is 0 Å². The van der Waals surface area contributed by atoms with Crippen molar-refractivity contribution in [3.8, 4) is 0 Å². The molecule has 0 fully saturated rings. The Morgan fingerprint density at radius 2 is 1.83 bits per heavy atom. The van der Waals surface area contributed by atoms with E-state index in [1.165, 1.54) is 24.3 Å². The van der Waals surface area contributed by atoms with Gasteiger partial charge in [-0.05, 0) is 24.3 Å². The van der Waals surface area contributed by atoms with Crippen LogP contribution < -0.4 is 0 Å². The van der Waals surface area contributed by atoms with E-state index in [0.717, 1.165) is 17.0 Å². The summed E-state index contributed by atoms with van der Waals surface area (Å²) in [5, 5.41) is 0.937. The molecular weight excluding hydrogens is 302 g/mol. The Balaban J connectivity index is 2.05. The van der Waals surface area contributed by atoms with Crippen molar-refractivity contribution in [3.05, 3.63) is 77.7 Å². The maximum Gasteiger partial charge on any atom is 0.796 e. The van der Waals surface area contributed by atoms with Crippen molar-refractivity contribution in [2.24, 2.45) is 0 Å². The summed E-state index contributed by atoms with van der Waals surface area (Å²) in [7, 11) is -3.01. The molecule has 0 saturated heterocycles. The second kappa shape index (κ2) is 6.56. The number of rotatable bonds is 4. The first-order valence-corrected chi connectivity index (χ1v) is 6.90. The van der Waals surface area contributed by atoms with Gasteiger partial charge in [-0.3, -0.25) is 0 Å². The van der Waals surface area contributed by atoms with Gasteiger partial charge in [0, 0.05) is 17.0 Å². The lowest BCUT2D eigenvalue weighted by Gasteiger charge is -2.09. The SMILES string of the molecule is FB(F)O/C(=C/c1ccc2ccccc2n1)c1cccc(F)c1. The van der Waals surface area contributed by atoms with Gasteiger partial charge >= 0.3 is 7.47 Å². The lowest BCUT2D eigenvalue weighted by atomic mass is 10.1. The van der Waals surface area contributed by atoms with E-state index in [-0.39, 0.29) is 11.3 Å². The van der Waals surface area contributed by atoms with Gasteiger partial charge in [-0.1, -0.05) is 36.4 Å². The quantitative estimate of drug-likeness (QED) is 0.509. The van der Waals surface area contributed by atoms with E-state index in [0.29, 0.717) is 5.69 Å². The molecule has 0 aliphatic carbocycles. The van der Waals surface area contributed by atoms with Crippen molar-refractivity contribution in [2.75, 3.05) is 0 Å². The third-order valence-corrected chi connectivity index (χ3v) is 3.22. The number of aromatic nitrogens is 1. The average molecular weight is 313 g/mol. The molecule has 2 nitrogen and oxygen atoms in total. The molecule has 2 aromatic carbocycles. The van der Waals surface area contributed by atoms with Crippen LogP contribution in [0.3, 0.4) is 0 Å². The standard InChI is InChI=1S/C17H11BF3NO/c19-14-6-3-5-13(10-14)17(23-18(20)21)11-15-9-8-12-4-1-2-7-16(12)22-15/h1-11H/b17-11+. The third kappa shape index (κ3) is 3.72. The predicted octanol–water partition coefficient (Wildman–Crippen LogP) is 4.81. The van der Waals surface area contributed by atoms with Crippen LogP contribution in [0.1, 0.15) is 11.3 Å². The van der Waals surface area contributed by atoms with Gasteiger partial charge < -0.3 is 4.65 Å². The first kappa shape index (κ1) is 15.2. The molecule has 0 amide bonds. The number of hydrogen-bond acceptors (Lipinski definition) is 2. The molecule has 0 bridgehead atoms. The van der Waals surface area contributed by atoms with Crippen molar-refractivity contribution in [1.82, 2.24) is 4.98 Å². The van der Waals surface area contributed by atoms with Gasteiger partial charge in [-0.2, -0.15) is 0 Å². The highest BCUT2D eigenvalue weighted by atomic mass is 19.2. The largest absolute Gasteiger partial charge is 0.796 e. The predicted molar refractivity (Wildman–Crippen MR) is 85.1 cm³/mol. The molecule has 0 aliphatic rings. The molecule has 0 aliphatic heterocycles. The molecule has 114 valence electrons. The zero-order valence-electron chi connectivity index (χ0n) is 11.9. The van der Waals surface area contributed by atoms with E-state index in [9.17, 15) is 13.0 Å². The number of hydrogen-bond donors (Lipinski definition) is 0. The smallest absolute Gasteiger partial charge is 0.505 e. The number of halogens is 3. The van der Waals surface area contributed by atoms with Crippen molar-refractivity contribution in [1.29, 1.82) is 0 Å². The molecule has 1 aromatic heterocycles. The van der Waals surface area contributed by atoms with E-state index in [4.69, 9.17) is 0 Å². The zero-order chi connectivity index (χ0) is 16.2. The average Bonchev–Trinajstić information content (AvgIpc) is 2.54. The Bertz CT molecular complexity index is 867. The molecule has 3 aromatic rings. The lowest BCUT2D eigenvalue weighted by Crippen LogP contribution is -2.04. The van der Waals surface area contributed by atoms with Crippen LogP contribution in [0.4, 0.5) is 13.0 Å². The molecular formula is C17H11BF3NO. The first-order chi connectivity index (χ1) is 11.1. The summed E-state index contributed by atoms with van der Waals surface area (Å²) >= 11 is 0. The molecule has 0 spiro atoms. The Kier molecular flexibility index (Phi) is 4.32. The van der Waals surface area contributed by atoms with Crippen LogP contribution in [0.5, 0.6) is 0 Å². The maximum absolute atomic E-state index is 13.3. The van der Waals surface area contributed by atoms with E-state index in [1.54, 1.807) is 6.07 Å². The number of nitrogens with zero attached hydrogens (tertiary/aromatic N) is 1. The van der Waals surface area contributed by atoms with Crippen LogP contribution in [-0.4, -0.2) is 12.5 Å². The number of benzene rings is 2. The summed E-state index contributed by atoms with van der Waals surface area (Å²) in [5.41, 5.74) is 1.40. The molecule has 6 heteroatoms. The van der Waals surface area contributed by atoms with Gasteiger partial charge in [0.15, 0.2) is 0 Å². The second-order valence-corrected chi connectivity index (χ2v) is 4.83. The van der Waals surface area contributed by atoms with Crippen LogP contribution in [0, 0.1) is 5.82 Å². The Morgan fingerprint density at radius 1 is 1.00 bits per heavy atom. The maximum atomic E-state index is 13.3. The van der Waals surface area contributed by atoms with Crippen molar-refractivity contribution >= 4 is 30.2 Å².